The van der Waals surface area contributed by atoms with Crippen molar-refractivity contribution in [3.63, 3.8) is 0 Å². The quantitative estimate of drug-likeness (QED) is 0.682. The number of nitro groups is 1. The molecule has 1 heterocycles. The molecule has 0 aliphatic carbocycles. The number of halogens is 3. The number of rotatable bonds is 3. The second kappa shape index (κ2) is 5.38. The summed E-state index contributed by atoms with van der Waals surface area (Å²) >= 11 is 11.3. The van der Waals surface area contributed by atoms with Crippen molar-refractivity contribution < 1.29 is 9.31 Å². The zero-order valence-corrected chi connectivity index (χ0v) is 10.7. The van der Waals surface area contributed by atoms with Crippen molar-refractivity contribution in [2.45, 2.75) is 0 Å². The highest BCUT2D eigenvalue weighted by Crippen LogP contribution is 2.29. The van der Waals surface area contributed by atoms with Gasteiger partial charge in [-0.05, 0) is 18.2 Å². The first-order valence-electron chi connectivity index (χ1n) is 4.99. The van der Waals surface area contributed by atoms with E-state index in [1.165, 1.54) is 24.4 Å². The highest BCUT2D eigenvalue weighted by atomic mass is 35.5. The molecule has 0 aliphatic rings. The van der Waals surface area contributed by atoms with Crippen LogP contribution in [-0.4, -0.2) is 9.91 Å². The molecule has 98 valence electrons. The van der Waals surface area contributed by atoms with Crippen LogP contribution >= 0.6 is 23.2 Å². The van der Waals surface area contributed by atoms with Crippen molar-refractivity contribution in [2.75, 3.05) is 5.32 Å². The number of hydrogen-bond acceptors (Lipinski definition) is 4. The monoisotopic (exact) mass is 301 g/mol. The van der Waals surface area contributed by atoms with E-state index in [2.05, 4.69) is 10.3 Å². The molecule has 1 aromatic heterocycles. The minimum Gasteiger partial charge on any atom is -0.334 e. The van der Waals surface area contributed by atoms with Gasteiger partial charge in [0.15, 0.2) is 0 Å². The van der Waals surface area contributed by atoms with Gasteiger partial charge in [0.25, 0.3) is 0 Å². The third-order valence-corrected chi connectivity index (χ3v) is 2.71. The SMILES string of the molecule is O=[N+]([O-])c1cc(Cl)cnc1Nc1ccc(F)c(Cl)c1. The predicted molar refractivity (Wildman–Crippen MR) is 70.6 cm³/mol. The molecule has 2 rings (SSSR count). The number of pyridine rings is 1. The molecular weight excluding hydrogens is 296 g/mol. The Balaban J connectivity index is 2.37. The summed E-state index contributed by atoms with van der Waals surface area (Å²) < 4.78 is 13.0. The van der Waals surface area contributed by atoms with Crippen molar-refractivity contribution in [1.29, 1.82) is 0 Å². The van der Waals surface area contributed by atoms with Crippen LogP contribution in [0, 0.1) is 15.9 Å². The zero-order valence-electron chi connectivity index (χ0n) is 9.23. The molecule has 19 heavy (non-hydrogen) atoms. The molecule has 0 unspecified atom stereocenters. The van der Waals surface area contributed by atoms with Crippen molar-refractivity contribution in [3.8, 4) is 0 Å². The number of benzene rings is 1. The van der Waals surface area contributed by atoms with Crippen LogP contribution in [0.1, 0.15) is 0 Å². The van der Waals surface area contributed by atoms with Gasteiger partial charge in [-0.3, -0.25) is 10.1 Å². The van der Waals surface area contributed by atoms with E-state index in [-0.39, 0.29) is 21.6 Å². The molecule has 0 aliphatic heterocycles. The average Bonchev–Trinajstić information content (AvgIpc) is 2.36. The van der Waals surface area contributed by atoms with E-state index in [1.54, 1.807) is 0 Å². The number of nitrogens with zero attached hydrogens (tertiary/aromatic N) is 2. The first-order chi connectivity index (χ1) is 8.97. The average molecular weight is 302 g/mol. The Bertz CT molecular complexity index is 652. The summed E-state index contributed by atoms with van der Waals surface area (Å²) in [6, 6.07) is 5.01. The smallest absolute Gasteiger partial charge is 0.313 e. The van der Waals surface area contributed by atoms with Crippen LogP contribution in [0.4, 0.5) is 21.6 Å². The molecule has 0 saturated carbocycles. The lowest BCUT2D eigenvalue weighted by Crippen LogP contribution is -1.99. The number of anilines is 2. The molecule has 8 heteroatoms. The first-order valence-corrected chi connectivity index (χ1v) is 5.75. The van der Waals surface area contributed by atoms with Gasteiger partial charge in [-0.25, -0.2) is 9.37 Å². The molecule has 0 spiro atoms. The summed E-state index contributed by atoms with van der Waals surface area (Å²) in [7, 11) is 0. The largest absolute Gasteiger partial charge is 0.334 e. The van der Waals surface area contributed by atoms with E-state index in [9.17, 15) is 14.5 Å². The summed E-state index contributed by atoms with van der Waals surface area (Å²) in [6.45, 7) is 0. The van der Waals surface area contributed by atoms with Crippen molar-refractivity contribution in [2.24, 2.45) is 0 Å². The van der Waals surface area contributed by atoms with E-state index in [0.29, 0.717) is 5.69 Å². The lowest BCUT2D eigenvalue weighted by atomic mass is 10.3. The van der Waals surface area contributed by atoms with Gasteiger partial charge in [-0.1, -0.05) is 23.2 Å². The minimum absolute atomic E-state index is 0.00271. The summed E-state index contributed by atoms with van der Waals surface area (Å²) in [6.07, 6.45) is 1.27. The lowest BCUT2D eigenvalue weighted by molar-refractivity contribution is -0.384. The Morgan fingerprint density at radius 3 is 2.68 bits per heavy atom. The first kappa shape index (κ1) is 13.5. The number of nitrogens with one attached hydrogen (secondary N) is 1. The maximum Gasteiger partial charge on any atom is 0.313 e. The van der Waals surface area contributed by atoms with Gasteiger partial charge in [0.05, 0.1) is 15.0 Å². The summed E-state index contributed by atoms with van der Waals surface area (Å²) in [4.78, 5) is 14.1. The van der Waals surface area contributed by atoms with E-state index in [1.807, 2.05) is 0 Å². The third kappa shape index (κ3) is 3.10. The van der Waals surface area contributed by atoms with E-state index in [0.717, 1.165) is 6.07 Å². The molecule has 1 N–H and O–H groups in total. The van der Waals surface area contributed by atoms with Crippen molar-refractivity contribution in [1.82, 2.24) is 4.98 Å². The Labute approximate surface area is 117 Å². The fourth-order valence-corrected chi connectivity index (χ4v) is 1.71. The van der Waals surface area contributed by atoms with E-state index < -0.39 is 10.7 Å². The molecule has 2 aromatic rings. The molecule has 0 bridgehead atoms. The summed E-state index contributed by atoms with van der Waals surface area (Å²) in [5.74, 6) is -0.581. The maximum absolute atomic E-state index is 13.0. The summed E-state index contributed by atoms with van der Waals surface area (Å²) in [5, 5.41) is 13.6. The van der Waals surface area contributed by atoms with Crippen LogP contribution in [0.5, 0.6) is 0 Å². The molecule has 0 atom stereocenters. The van der Waals surface area contributed by atoms with Crippen LogP contribution in [0.25, 0.3) is 0 Å². The number of hydrogen-bond donors (Lipinski definition) is 1. The second-order valence-electron chi connectivity index (χ2n) is 3.53. The Morgan fingerprint density at radius 1 is 1.32 bits per heavy atom. The third-order valence-electron chi connectivity index (χ3n) is 2.21. The van der Waals surface area contributed by atoms with Gasteiger partial charge in [0.1, 0.15) is 5.82 Å². The van der Waals surface area contributed by atoms with Gasteiger partial charge in [-0.2, -0.15) is 0 Å². The summed E-state index contributed by atoms with van der Waals surface area (Å²) in [5.41, 5.74) is 0.0947. The molecule has 1 aromatic carbocycles. The van der Waals surface area contributed by atoms with Crippen LogP contribution < -0.4 is 5.32 Å². The van der Waals surface area contributed by atoms with Gasteiger partial charge >= 0.3 is 5.69 Å². The fourth-order valence-electron chi connectivity index (χ4n) is 1.37. The Kier molecular flexibility index (Phi) is 3.82. The highest BCUT2D eigenvalue weighted by Gasteiger charge is 2.16. The highest BCUT2D eigenvalue weighted by molar-refractivity contribution is 6.31. The molecule has 0 amide bonds. The topological polar surface area (TPSA) is 68.1 Å². The van der Waals surface area contributed by atoms with Crippen LogP contribution in [0.15, 0.2) is 30.5 Å². The Hall–Kier alpha value is -1.92. The normalized spacial score (nSPS) is 10.3. The van der Waals surface area contributed by atoms with Gasteiger partial charge < -0.3 is 5.32 Å². The fraction of sp³-hybridized carbons (Fsp3) is 0. The van der Waals surface area contributed by atoms with Gasteiger partial charge in [0, 0.05) is 18.0 Å². The van der Waals surface area contributed by atoms with Crippen molar-refractivity contribution >= 4 is 40.4 Å². The van der Waals surface area contributed by atoms with E-state index in [4.69, 9.17) is 23.2 Å². The van der Waals surface area contributed by atoms with Gasteiger partial charge in [0.2, 0.25) is 5.82 Å². The van der Waals surface area contributed by atoms with Crippen LogP contribution in [0.3, 0.4) is 0 Å². The van der Waals surface area contributed by atoms with Gasteiger partial charge in [-0.15, -0.1) is 0 Å². The zero-order chi connectivity index (χ0) is 14.0. The Morgan fingerprint density at radius 2 is 2.05 bits per heavy atom. The predicted octanol–water partition coefficient (Wildman–Crippen LogP) is 4.18. The molecule has 0 radical (unpaired) electrons. The van der Waals surface area contributed by atoms with Crippen LogP contribution in [-0.2, 0) is 0 Å². The molecule has 5 nitrogen and oxygen atoms in total. The second-order valence-corrected chi connectivity index (χ2v) is 4.38. The van der Waals surface area contributed by atoms with Crippen LogP contribution in [0.2, 0.25) is 10.0 Å². The molecule has 0 fully saturated rings. The maximum atomic E-state index is 13.0. The van der Waals surface area contributed by atoms with E-state index >= 15 is 0 Å². The molecular formula is C11H6Cl2FN3O2. The lowest BCUT2D eigenvalue weighted by Gasteiger charge is -2.07. The minimum atomic E-state index is -0.619. The standard InChI is InChI=1S/C11H6Cl2FN3O2/c12-6-3-10(17(18)19)11(15-5-6)16-7-1-2-9(14)8(13)4-7/h1-5H,(H,15,16). The van der Waals surface area contributed by atoms with Crippen molar-refractivity contribution in [3.05, 3.63) is 56.4 Å². The molecule has 0 saturated heterocycles. The number of aromatic nitrogens is 1.